The highest BCUT2D eigenvalue weighted by atomic mass is 16.2. The minimum Gasteiger partial charge on any atom is -0.369 e. The summed E-state index contributed by atoms with van der Waals surface area (Å²) in [7, 11) is 0. The summed E-state index contributed by atoms with van der Waals surface area (Å²) in [5.41, 5.74) is 36.7. The first-order chi connectivity index (χ1) is 28.5. The molecule has 1 heterocycles. The highest BCUT2D eigenvalue weighted by Gasteiger charge is 2.17. The molecule has 0 bridgehead atoms. The molecule has 1 saturated heterocycles. The van der Waals surface area contributed by atoms with Crippen LogP contribution >= 0.6 is 0 Å². The predicted molar refractivity (Wildman–Crippen MR) is 237 cm³/mol. The van der Waals surface area contributed by atoms with Crippen LogP contribution < -0.4 is 60.6 Å². The first-order valence-corrected chi connectivity index (χ1v) is 18.4. The van der Waals surface area contributed by atoms with Gasteiger partial charge in [0.2, 0.25) is 23.8 Å². The van der Waals surface area contributed by atoms with Crippen molar-refractivity contribution in [3.05, 3.63) is 93.5 Å². The number of hydrazone groups is 4. The van der Waals surface area contributed by atoms with Crippen LogP contribution in [-0.4, -0.2) is 71.6 Å². The number of nitrogens with two attached hydrogens (primary N) is 4. The van der Waals surface area contributed by atoms with E-state index in [0.29, 0.717) is 62.0 Å². The van der Waals surface area contributed by atoms with Crippen LogP contribution in [0.2, 0.25) is 0 Å². The van der Waals surface area contributed by atoms with Gasteiger partial charge in [-0.05, 0) is 108 Å². The normalized spacial score (nSPS) is 13.5. The molecule has 0 spiro atoms. The van der Waals surface area contributed by atoms with Gasteiger partial charge in [-0.1, -0.05) is 11.8 Å². The maximum atomic E-state index is 14.1. The molecular formula is C39H49N19O2. The zero-order chi connectivity index (χ0) is 43.9. The number of anilines is 2. The van der Waals surface area contributed by atoms with Crippen molar-refractivity contribution < 1.29 is 9.59 Å². The Labute approximate surface area is 346 Å². The Balaban J connectivity index is 1.78. The highest BCUT2D eigenvalue weighted by Crippen LogP contribution is 2.22. The van der Waals surface area contributed by atoms with Gasteiger partial charge in [0, 0.05) is 56.2 Å². The van der Waals surface area contributed by atoms with Gasteiger partial charge in [-0.2, -0.15) is 20.4 Å². The zero-order valence-electron chi connectivity index (χ0n) is 33.5. The Bertz CT molecular complexity index is 2130. The average Bonchev–Trinajstić information content (AvgIpc) is 3.21. The molecule has 21 nitrogen and oxygen atoms in total. The van der Waals surface area contributed by atoms with Crippen molar-refractivity contribution in [2.75, 3.05) is 23.7 Å². The molecule has 19 N–H and O–H groups in total. The zero-order valence-corrected chi connectivity index (χ0v) is 33.5. The number of guanidine groups is 4. The lowest BCUT2D eigenvalue weighted by atomic mass is 9.97. The van der Waals surface area contributed by atoms with Crippen LogP contribution in [0, 0.1) is 39.4 Å². The van der Waals surface area contributed by atoms with Crippen LogP contribution in [0.25, 0.3) is 0 Å². The van der Waals surface area contributed by atoms with Crippen molar-refractivity contribution in [3.8, 4) is 11.8 Å². The van der Waals surface area contributed by atoms with Crippen molar-refractivity contribution in [2.24, 2.45) is 49.3 Å². The highest BCUT2D eigenvalue weighted by molar-refractivity contribution is 6.12. The van der Waals surface area contributed by atoms with E-state index in [-0.39, 0.29) is 40.9 Å². The molecule has 0 aromatic heterocycles. The molecule has 3 aromatic carbocycles. The minimum absolute atomic E-state index is 0.137. The second-order valence-electron chi connectivity index (χ2n) is 13.5. The van der Waals surface area contributed by atoms with Crippen LogP contribution in [0.5, 0.6) is 0 Å². The number of hydrogen-bond acceptors (Lipinski definition) is 11. The molecule has 0 aliphatic carbocycles. The lowest BCUT2D eigenvalue weighted by molar-refractivity contribution is 0.102. The molecule has 0 unspecified atom stereocenters. The minimum atomic E-state index is -0.551. The summed E-state index contributed by atoms with van der Waals surface area (Å²) in [6.07, 6.45) is 1.73. The average molecular weight is 816 g/mol. The lowest BCUT2D eigenvalue weighted by Crippen LogP contribution is -2.27. The number of hydrogen-bond donors (Lipinski definition) is 15. The van der Waals surface area contributed by atoms with E-state index in [4.69, 9.17) is 44.6 Å². The van der Waals surface area contributed by atoms with Crippen molar-refractivity contribution in [1.29, 1.82) is 21.6 Å². The van der Waals surface area contributed by atoms with Gasteiger partial charge >= 0.3 is 0 Å². The maximum Gasteiger partial charge on any atom is 0.255 e. The number of carbonyl (C=O) groups is 2. The molecule has 4 rings (SSSR count). The summed E-state index contributed by atoms with van der Waals surface area (Å²) in [5, 5.41) is 55.6. The lowest BCUT2D eigenvalue weighted by Gasteiger charge is -2.17. The predicted octanol–water partition coefficient (Wildman–Crippen LogP) is 1.37. The fourth-order valence-electron chi connectivity index (χ4n) is 5.59. The molecule has 1 aliphatic rings. The number of nitrogens with one attached hydrogen (secondary N) is 11. The van der Waals surface area contributed by atoms with Gasteiger partial charge in [-0.25, -0.2) is 21.7 Å². The van der Waals surface area contributed by atoms with E-state index in [9.17, 15) is 9.59 Å². The topological polar surface area (TPSA) is 367 Å². The van der Waals surface area contributed by atoms with Crippen molar-refractivity contribution in [1.82, 2.24) is 27.0 Å². The van der Waals surface area contributed by atoms with E-state index in [2.05, 4.69) is 69.9 Å². The van der Waals surface area contributed by atoms with E-state index in [1.807, 2.05) is 0 Å². The number of nitrogens with zero attached hydrogens (tertiary/aromatic N) is 4. The van der Waals surface area contributed by atoms with Gasteiger partial charge in [0.05, 0.1) is 22.8 Å². The number of amides is 2. The summed E-state index contributed by atoms with van der Waals surface area (Å²) in [6.45, 7) is 8.41. The summed E-state index contributed by atoms with van der Waals surface area (Å²) in [5.74, 6) is 4.06. The van der Waals surface area contributed by atoms with Gasteiger partial charge in [-0.15, -0.1) is 0 Å². The largest absolute Gasteiger partial charge is 0.369 e. The quantitative estimate of drug-likeness (QED) is 0.0536. The molecule has 0 atom stereocenters. The van der Waals surface area contributed by atoms with E-state index in [1.54, 1.807) is 76.2 Å². The number of benzene rings is 3. The summed E-state index contributed by atoms with van der Waals surface area (Å²) < 4.78 is 0. The summed E-state index contributed by atoms with van der Waals surface area (Å²) >= 11 is 0. The first-order valence-electron chi connectivity index (χ1n) is 18.4. The molecule has 0 radical (unpaired) electrons. The molecule has 21 heteroatoms. The van der Waals surface area contributed by atoms with Crippen LogP contribution in [-0.2, 0) is 0 Å². The third-order valence-corrected chi connectivity index (χ3v) is 8.65. The molecule has 2 amide bonds. The molecule has 312 valence electrons. The Morgan fingerprint density at radius 3 is 1.18 bits per heavy atom. The monoisotopic (exact) mass is 815 g/mol. The van der Waals surface area contributed by atoms with E-state index >= 15 is 0 Å². The van der Waals surface area contributed by atoms with Gasteiger partial charge < -0.3 is 38.9 Å². The van der Waals surface area contributed by atoms with Gasteiger partial charge in [0.15, 0.2) is 0 Å². The SMILES string of the molecule is C/C(=N\NC(=N)N)c1cc(NC(=O)c2cc(C#CC3CCNCC3)cc(C(=O)Nc3cc(/C(C)=N/NC(=N)N)cc(/C(C)=N/NC(=N)N)c3)c2)cc(/C(C)=N/NC(=N)N)c1. The third-order valence-electron chi connectivity index (χ3n) is 8.65. The Morgan fingerprint density at radius 1 is 0.550 bits per heavy atom. The molecule has 60 heavy (non-hydrogen) atoms. The number of carbonyl (C=O) groups excluding carboxylic acids is 2. The van der Waals surface area contributed by atoms with E-state index in [0.717, 1.165) is 25.9 Å². The Morgan fingerprint density at radius 2 is 0.867 bits per heavy atom. The van der Waals surface area contributed by atoms with Crippen LogP contribution in [0.1, 0.15) is 89.1 Å². The van der Waals surface area contributed by atoms with Crippen LogP contribution in [0.3, 0.4) is 0 Å². The van der Waals surface area contributed by atoms with Crippen molar-refractivity contribution >= 4 is 69.9 Å². The second kappa shape index (κ2) is 20.9. The second-order valence-corrected chi connectivity index (χ2v) is 13.5. The third kappa shape index (κ3) is 13.8. The fraction of sp³-hybridized carbons (Fsp3) is 0.231. The first kappa shape index (κ1) is 44.6. The number of rotatable bonds is 12. The fourth-order valence-corrected chi connectivity index (χ4v) is 5.59. The molecule has 1 aliphatic heterocycles. The van der Waals surface area contributed by atoms with Crippen LogP contribution in [0.15, 0.2) is 75.0 Å². The van der Waals surface area contributed by atoms with E-state index < -0.39 is 11.8 Å². The number of piperidine rings is 1. The van der Waals surface area contributed by atoms with Crippen molar-refractivity contribution in [2.45, 2.75) is 40.5 Å². The van der Waals surface area contributed by atoms with Gasteiger partial charge in [-0.3, -0.25) is 31.2 Å². The van der Waals surface area contributed by atoms with Crippen molar-refractivity contribution in [3.63, 3.8) is 0 Å². The smallest absolute Gasteiger partial charge is 0.255 e. The van der Waals surface area contributed by atoms with Gasteiger partial charge in [0.25, 0.3) is 11.8 Å². The van der Waals surface area contributed by atoms with E-state index in [1.165, 1.54) is 6.07 Å². The standard InChI is InChI=1S/C39H49N19O2/c1-20(51-55-36(40)41)26-13-27(21(2)52-56-37(42)43)17-32(16-26)49-34(59)30-11-25(6-5-24-7-9-48-10-8-24)12-31(15-30)35(60)50-33-18-28(22(3)53-57-38(44)45)14-29(19-33)23(4)54-58-39(46)47/h11-19,24,48H,7-10H2,1-4H3,(H,49,59)(H,50,60)(H4,40,41,55)(H4,42,43,56)(H4,44,45,57)(H4,46,47,58)/b51-20+,52-21+,53-22+,54-23+. The molecule has 3 aromatic rings. The Kier molecular flexibility index (Phi) is 15.5. The molecular weight excluding hydrogens is 767 g/mol. The van der Waals surface area contributed by atoms with Crippen LogP contribution in [0.4, 0.5) is 11.4 Å². The van der Waals surface area contributed by atoms with Gasteiger partial charge in [0.1, 0.15) is 0 Å². The molecule has 0 saturated carbocycles. The summed E-state index contributed by atoms with van der Waals surface area (Å²) in [4.78, 5) is 28.2. The molecule has 1 fully saturated rings. The Hall–Kier alpha value is -8.12. The summed E-state index contributed by atoms with van der Waals surface area (Å²) in [6, 6.07) is 14.8. The maximum absolute atomic E-state index is 14.1.